The molecule has 0 saturated carbocycles. The maximum absolute atomic E-state index is 9.89. The number of rotatable bonds is 7. The predicted molar refractivity (Wildman–Crippen MR) is 127 cm³/mol. The Morgan fingerprint density at radius 2 is 1.80 bits per heavy atom. The van der Waals surface area contributed by atoms with E-state index < -0.39 is 0 Å². The number of nitrogens with one attached hydrogen (secondary N) is 1. The first kappa shape index (κ1) is 21.7. The lowest BCUT2D eigenvalue weighted by Crippen LogP contribution is -2.33. The lowest BCUT2D eigenvalue weighted by molar-refractivity contribution is 0.356. The van der Waals surface area contributed by atoms with Crippen molar-refractivity contribution >= 4 is 5.69 Å². The first-order chi connectivity index (χ1) is 14.4. The molecule has 0 amide bonds. The van der Waals surface area contributed by atoms with Gasteiger partial charge in [-0.15, -0.1) is 0 Å². The molecule has 0 heterocycles. The van der Waals surface area contributed by atoms with Crippen molar-refractivity contribution in [3.05, 3.63) is 88.3 Å². The molecule has 0 saturated heterocycles. The minimum atomic E-state index is 0.397. The van der Waals surface area contributed by atoms with Crippen molar-refractivity contribution < 1.29 is 0 Å². The average molecular weight is 400 g/mol. The van der Waals surface area contributed by atoms with Gasteiger partial charge in [0, 0.05) is 36.6 Å². The second kappa shape index (κ2) is 9.67. The Morgan fingerprint density at radius 1 is 1.10 bits per heavy atom. The number of hydrogen-bond donors (Lipinski definition) is 1. The van der Waals surface area contributed by atoms with E-state index in [4.69, 9.17) is 0 Å². The summed E-state index contributed by atoms with van der Waals surface area (Å²) in [5.41, 5.74) is 8.91. The van der Waals surface area contributed by atoms with Crippen molar-refractivity contribution in [1.29, 1.82) is 5.26 Å². The molecule has 0 aliphatic heterocycles. The van der Waals surface area contributed by atoms with Crippen LogP contribution in [0.15, 0.2) is 82.8 Å². The molecule has 30 heavy (non-hydrogen) atoms. The van der Waals surface area contributed by atoms with Crippen LogP contribution >= 0.6 is 0 Å². The average Bonchev–Trinajstić information content (AvgIpc) is 2.72. The Kier molecular flexibility index (Phi) is 7.00. The van der Waals surface area contributed by atoms with Crippen LogP contribution in [0.4, 0.5) is 5.69 Å². The summed E-state index contributed by atoms with van der Waals surface area (Å²) in [4.78, 5) is 2.38. The molecule has 0 radical (unpaired) electrons. The number of allylic oxidation sites excluding steroid dienone is 7. The Morgan fingerprint density at radius 3 is 2.47 bits per heavy atom. The van der Waals surface area contributed by atoms with Gasteiger partial charge in [0.1, 0.15) is 6.07 Å². The van der Waals surface area contributed by atoms with Crippen molar-refractivity contribution in [2.24, 2.45) is 5.92 Å². The third-order valence-corrected chi connectivity index (χ3v) is 5.79. The molecule has 3 rings (SSSR count). The Labute approximate surface area is 181 Å². The smallest absolute Gasteiger partial charge is 0.101 e. The molecule has 1 unspecified atom stereocenters. The first-order valence-electron chi connectivity index (χ1n) is 10.8. The summed E-state index contributed by atoms with van der Waals surface area (Å²) >= 11 is 0. The summed E-state index contributed by atoms with van der Waals surface area (Å²) in [6.45, 7) is 14.5. The minimum Gasteiger partial charge on any atom is -0.385 e. The van der Waals surface area contributed by atoms with Crippen LogP contribution in [-0.2, 0) is 0 Å². The Hall–Kier alpha value is -2.99. The standard InChI is InChI=1S/C27H33N3/c1-19-10-12-24(13-11-19)29-17-21(3)18-30(26-9-7-6-8-22(26)4)27-15-20(2)14-23(5)25(27)16-28/h8-14,21,29H,2,6-7,15,17-18H2,1,3-5H3. The van der Waals surface area contributed by atoms with Crippen molar-refractivity contribution in [3.63, 3.8) is 0 Å². The van der Waals surface area contributed by atoms with E-state index in [1.165, 1.54) is 16.8 Å². The van der Waals surface area contributed by atoms with E-state index in [0.29, 0.717) is 5.92 Å². The summed E-state index contributed by atoms with van der Waals surface area (Å²) in [6, 6.07) is 11.0. The van der Waals surface area contributed by atoms with Crippen LogP contribution < -0.4 is 5.32 Å². The van der Waals surface area contributed by atoms with Gasteiger partial charge in [0.25, 0.3) is 0 Å². The summed E-state index contributed by atoms with van der Waals surface area (Å²) in [7, 11) is 0. The van der Waals surface area contributed by atoms with Gasteiger partial charge < -0.3 is 10.2 Å². The van der Waals surface area contributed by atoms with Crippen LogP contribution in [0.1, 0.15) is 45.6 Å². The zero-order valence-corrected chi connectivity index (χ0v) is 18.8. The molecule has 1 aromatic rings. The Balaban J connectivity index is 1.85. The quantitative estimate of drug-likeness (QED) is 0.557. The predicted octanol–water partition coefficient (Wildman–Crippen LogP) is 6.65. The Bertz CT molecular complexity index is 964. The largest absolute Gasteiger partial charge is 0.385 e. The van der Waals surface area contributed by atoms with Crippen molar-refractivity contribution in [1.82, 2.24) is 4.90 Å². The maximum Gasteiger partial charge on any atom is 0.101 e. The van der Waals surface area contributed by atoms with Crippen LogP contribution in [0.3, 0.4) is 0 Å². The molecular weight excluding hydrogens is 366 g/mol. The highest BCUT2D eigenvalue weighted by Gasteiger charge is 2.25. The molecule has 0 aromatic heterocycles. The van der Waals surface area contributed by atoms with E-state index in [1.807, 2.05) is 13.0 Å². The van der Waals surface area contributed by atoms with Gasteiger partial charge in [-0.05, 0) is 68.4 Å². The molecule has 3 heteroatoms. The van der Waals surface area contributed by atoms with Gasteiger partial charge in [0.05, 0.1) is 5.57 Å². The van der Waals surface area contributed by atoms with E-state index in [0.717, 1.165) is 60.5 Å². The van der Waals surface area contributed by atoms with Gasteiger partial charge in [-0.25, -0.2) is 0 Å². The molecule has 1 N–H and O–H groups in total. The third kappa shape index (κ3) is 5.13. The SMILES string of the molecule is C=C1C=C(C)C(C#N)=C(N(CC(C)CNc2ccc(C)cc2)C2=CCCC=C2C)C1. The lowest BCUT2D eigenvalue weighted by atomic mass is 9.91. The molecule has 0 bridgehead atoms. The van der Waals surface area contributed by atoms with Crippen LogP contribution in [0.5, 0.6) is 0 Å². The van der Waals surface area contributed by atoms with Gasteiger partial charge >= 0.3 is 0 Å². The molecule has 1 atom stereocenters. The fourth-order valence-corrected chi connectivity index (χ4v) is 4.15. The van der Waals surface area contributed by atoms with E-state index in [9.17, 15) is 5.26 Å². The molecule has 0 fully saturated rings. The zero-order chi connectivity index (χ0) is 21.7. The normalized spacial score (nSPS) is 17.6. The number of hydrogen-bond acceptors (Lipinski definition) is 3. The van der Waals surface area contributed by atoms with Gasteiger partial charge in [0.2, 0.25) is 0 Å². The van der Waals surface area contributed by atoms with E-state index in [1.54, 1.807) is 0 Å². The first-order valence-corrected chi connectivity index (χ1v) is 10.8. The highest BCUT2D eigenvalue weighted by atomic mass is 15.2. The number of benzene rings is 1. The van der Waals surface area contributed by atoms with Crippen molar-refractivity contribution in [2.75, 3.05) is 18.4 Å². The minimum absolute atomic E-state index is 0.397. The van der Waals surface area contributed by atoms with Gasteiger partial charge in [-0.3, -0.25) is 0 Å². The molecule has 0 spiro atoms. The van der Waals surface area contributed by atoms with Crippen LogP contribution in [-0.4, -0.2) is 18.0 Å². The zero-order valence-electron chi connectivity index (χ0n) is 18.8. The summed E-state index contributed by atoms with van der Waals surface area (Å²) in [6.07, 6.45) is 9.54. The van der Waals surface area contributed by atoms with E-state index in [-0.39, 0.29) is 0 Å². The summed E-state index contributed by atoms with van der Waals surface area (Å²) in [5.74, 6) is 0.397. The summed E-state index contributed by atoms with van der Waals surface area (Å²) in [5, 5.41) is 13.5. The third-order valence-electron chi connectivity index (χ3n) is 5.79. The van der Waals surface area contributed by atoms with Crippen molar-refractivity contribution in [2.45, 2.75) is 47.0 Å². The lowest BCUT2D eigenvalue weighted by Gasteiger charge is -2.36. The van der Waals surface area contributed by atoms with E-state index in [2.05, 4.69) is 80.1 Å². The summed E-state index contributed by atoms with van der Waals surface area (Å²) < 4.78 is 0. The molecule has 3 nitrogen and oxygen atoms in total. The monoisotopic (exact) mass is 399 g/mol. The highest BCUT2D eigenvalue weighted by molar-refractivity contribution is 5.53. The number of nitriles is 1. The van der Waals surface area contributed by atoms with Crippen LogP contribution in [0.2, 0.25) is 0 Å². The van der Waals surface area contributed by atoms with E-state index >= 15 is 0 Å². The second-order valence-corrected chi connectivity index (χ2v) is 8.61. The van der Waals surface area contributed by atoms with Gasteiger partial charge in [0.15, 0.2) is 0 Å². The highest BCUT2D eigenvalue weighted by Crippen LogP contribution is 2.35. The fourth-order valence-electron chi connectivity index (χ4n) is 4.15. The topological polar surface area (TPSA) is 39.1 Å². The van der Waals surface area contributed by atoms with Gasteiger partial charge in [-0.2, -0.15) is 5.26 Å². The van der Waals surface area contributed by atoms with Crippen molar-refractivity contribution in [3.8, 4) is 6.07 Å². The maximum atomic E-state index is 9.89. The van der Waals surface area contributed by atoms with Gasteiger partial charge in [-0.1, -0.05) is 49.4 Å². The molecule has 2 aliphatic carbocycles. The molecule has 2 aliphatic rings. The fraction of sp³-hybridized carbons (Fsp3) is 0.370. The number of anilines is 1. The second-order valence-electron chi connectivity index (χ2n) is 8.61. The molecule has 1 aromatic carbocycles. The molecule has 156 valence electrons. The number of aryl methyl sites for hydroxylation is 1. The number of nitrogens with zero attached hydrogens (tertiary/aromatic N) is 2. The van der Waals surface area contributed by atoms with Crippen LogP contribution in [0, 0.1) is 24.2 Å². The van der Waals surface area contributed by atoms with Crippen LogP contribution in [0.25, 0.3) is 0 Å². The molecular formula is C27H33N3.